The molecule has 2 aromatic heterocycles. The third-order valence-electron chi connectivity index (χ3n) is 9.22. The molecule has 2 saturated carbocycles. The molecule has 0 aromatic carbocycles. The number of aliphatic carboxylic acids is 1. The minimum absolute atomic E-state index is 0.00250. The number of nitrogens with zero attached hydrogens (tertiary/aromatic N) is 2. The number of amides is 1. The van der Waals surface area contributed by atoms with E-state index in [0.717, 1.165) is 50.4 Å². The van der Waals surface area contributed by atoms with Gasteiger partial charge in [0.25, 0.3) is 0 Å². The van der Waals surface area contributed by atoms with Gasteiger partial charge in [-0.1, -0.05) is 89.9 Å². The summed E-state index contributed by atoms with van der Waals surface area (Å²) in [7, 11) is 0. The van der Waals surface area contributed by atoms with Crippen molar-refractivity contribution in [1.82, 2.24) is 15.4 Å². The summed E-state index contributed by atoms with van der Waals surface area (Å²) in [5, 5.41) is 17.8. The highest BCUT2D eigenvalue weighted by Gasteiger charge is 2.24. The quantitative estimate of drug-likeness (QED) is 0.0944. The SMILES string of the molecule is CC(=O)c1coc([C@H](CCCC2CCCCC2)CC(=O)NO)n1.CC(=O)c1coc([C@H](CCCC2CCCCC2)CC(=O)O)n1. The molecule has 0 bridgehead atoms. The van der Waals surface area contributed by atoms with E-state index in [1.165, 1.54) is 90.6 Å². The number of carbonyl (C=O) groups is 4. The van der Waals surface area contributed by atoms with Crippen LogP contribution in [-0.2, 0) is 9.59 Å². The summed E-state index contributed by atoms with van der Waals surface area (Å²) >= 11 is 0. The molecule has 11 nitrogen and oxygen atoms in total. The number of hydrogen-bond donors (Lipinski definition) is 3. The number of ketones is 2. The zero-order valence-electron chi connectivity index (χ0n) is 26.9. The first-order valence-corrected chi connectivity index (χ1v) is 16.7. The van der Waals surface area contributed by atoms with Crippen molar-refractivity contribution in [3.8, 4) is 0 Å². The second-order valence-electron chi connectivity index (χ2n) is 12.9. The fraction of sp³-hybridized carbons (Fsp3) is 0.706. The first kappa shape index (κ1) is 36.1. The Hall–Kier alpha value is -3.34. The van der Waals surface area contributed by atoms with Gasteiger partial charge in [-0.3, -0.25) is 24.4 Å². The van der Waals surface area contributed by atoms with Crippen LogP contribution in [0.2, 0.25) is 0 Å². The van der Waals surface area contributed by atoms with E-state index in [-0.39, 0.29) is 47.6 Å². The first-order valence-electron chi connectivity index (χ1n) is 16.7. The van der Waals surface area contributed by atoms with Crippen LogP contribution in [0.3, 0.4) is 0 Å². The third-order valence-corrected chi connectivity index (χ3v) is 9.22. The van der Waals surface area contributed by atoms with E-state index >= 15 is 0 Å². The first-order chi connectivity index (χ1) is 21.7. The van der Waals surface area contributed by atoms with Gasteiger partial charge in [0.2, 0.25) is 5.91 Å². The lowest BCUT2D eigenvalue weighted by Gasteiger charge is -2.22. The number of Topliss-reactive ketones (excluding diaryl/α,β-unsaturated/α-hetero) is 2. The minimum Gasteiger partial charge on any atom is -0.481 e. The number of rotatable bonds is 16. The molecule has 2 heterocycles. The third kappa shape index (κ3) is 12.9. The molecule has 4 rings (SSSR count). The Balaban J connectivity index is 0.000000246. The van der Waals surface area contributed by atoms with Gasteiger partial charge >= 0.3 is 5.97 Å². The molecule has 0 saturated heterocycles. The number of aromatic nitrogens is 2. The number of carbonyl (C=O) groups excluding carboxylic acids is 3. The van der Waals surface area contributed by atoms with Crippen LogP contribution in [0.5, 0.6) is 0 Å². The second kappa shape index (κ2) is 19.2. The van der Waals surface area contributed by atoms with E-state index in [9.17, 15) is 19.2 Å². The van der Waals surface area contributed by atoms with Crippen molar-refractivity contribution in [3.05, 3.63) is 35.7 Å². The molecule has 3 N–H and O–H groups in total. The molecule has 2 aliphatic rings. The monoisotopic (exact) mass is 629 g/mol. The molecule has 45 heavy (non-hydrogen) atoms. The Morgan fingerprint density at radius 3 is 1.53 bits per heavy atom. The standard InChI is InChI=1S/C17H26N2O4.C17H25NO4/c1-12(20)15-11-23-17(18-15)14(10-16(21)19-22)9-5-8-13-6-3-2-4-7-13;1-12(19)15-11-22-17(18-15)14(10-16(20)21)9-5-8-13-6-3-2-4-7-13/h11,13-14,22H,2-10H2,1H3,(H,19,21);11,13-14H,2-10H2,1H3,(H,20,21)/t2*14-/m11/s1. The van der Waals surface area contributed by atoms with Gasteiger partial charge in [-0.15, -0.1) is 0 Å². The Labute approximate surface area is 265 Å². The van der Waals surface area contributed by atoms with Crippen LogP contribution < -0.4 is 5.48 Å². The van der Waals surface area contributed by atoms with Crippen LogP contribution in [-0.4, -0.2) is 43.7 Å². The number of carboxylic acid groups (broad SMARTS) is 1. The molecule has 1 amide bonds. The molecule has 0 unspecified atom stereocenters. The van der Waals surface area contributed by atoms with Crippen LogP contribution in [0.25, 0.3) is 0 Å². The predicted molar refractivity (Wildman–Crippen MR) is 166 cm³/mol. The maximum Gasteiger partial charge on any atom is 0.304 e. The van der Waals surface area contributed by atoms with Crippen LogP contribution in [0.1, 0.15) is 174 Å². The van der Waals surface area contributed by atoms with Gasteiger partial charge in [0.05, 0.1) is 6.42 Å². The maximum atomic E-state index is 11.5. The topological polar surface area (TPSA) is 173 Å². The second-order valence-corrected chi connectivity index (χ2v) is 12.9. The van der Waals surface area contributed by atoms with Crippen LogP contribution in [0.15, 0.2) is 21.4 Å². The zero-order chi connectivity index (χ0) is 32.6. The maximum absolute atomic E-state index is 11.5. The number of hydroxylamine groups is 1. The van der Waals surface area contributed by atoms with Crippen molar-refractivity contribution >= 4 is 23.4 Å². The van der Waals surface area contributed by atoms with E-state index in [2.05, 4.69) is 9.97 Å². The molecular weight excluding hydrogens is 578 g/mol. The molecule has 2 atom stereocenters. The Morgan fingerprint density at radius 1 is 0.756 bits per heavy atom. The van der Waals surface area contributed by atoms with Crippen LogP contribution in [0.4, 0.5) is 0 Å². The minimum atomic E-state index is -0.856. The van der Waals surface area contributed by atoms with Gasteiger partial charge in [0, 0.05) is 32.1 Å². The smallest absolute Gasteiger partial charge is 0.304 e. The van der Waals surface area contributed by atoms with Crippen molar-refractivity contribution in [2.45, 2.75) is 141 Å². The van der Waals surface area contributed by atoms with Gasteiger partial charge in [0.1, 0.15) is 23.9 Å². The van der Waals surface area contributed by atoms with Crippen molar-refractivity contribution in [3.63, 3.8) is 0 Å². The summed E-state index contributed by atoms with van der Waals surface area (Å²) in [4.78, 5) is 53.5. The summed E-state index contributed by atoms with van der Waals surface area (Å²) in [5.74, 6) is 0.274. The highest BCUT2D eigenvalue weighted by Crippen LogP contribution is 2.32. The lowest BCUT2D eigenvalue weighted by Crippen LogP contribution is -2.21. The number of nitrogens with one attached hydrogen (secondary N) is 1. The lowest BCUT2D eigenvalue weighted by atomic mass is 9.84. The molecule has 250 valence electrons. The number of oxazole rings is 2. The highest BCUT2D eigenvalue weighted by molar-refractivity contribution is 5.92. The Kier molecular flexibility index (Phi) is 15.4. The largest absolute Gasteiger partial charge is 0.481 e. The summed E-state index contributed by atoms with van der Waals surface area (Å²) in [6.07, 6.45) is 21.8. The van der Waals surface area contributed by atoms with E-state index in [1.54, 1.807) is 5.48 Å². The summed E-state index contributed by atoms with van der Waals surface area (Å²) in [5.41, 5.74) is 2.21. The number of hydrogen-bond acceptors (Lipinski definition) is 9. The van der Waals surface area contributed by atoms with Gasteiger partial charge in [-0.2, -0.15) is 0 Å². The predicted octanol–water partition coefficient (Wildman–Crippen LogP) is 7.79. The molecule has 0 radical (unpaired) electrons. The van der Waals surface area contributed by atoms with E-state index in [1.807, 2.05) is 0 Å². The van der Waals surface area contributed by atoms with E-state index in [4.69, 9.17) is 19.1 Å². The molecule has 2 fully saturated rings. The summed E-state index contributed by atoms with van der Waals surface area (Å²) in [6, 6.07) is 0. The lowest BCUT2D eigenvalue weighted by molar-refractivity contribution is -0.137. The number of carboxylic acids is 1. The molecule has 11 heteroatoms. The Bertz CT molecular complexity index is 1210. The van der Waals surface area contributed by atoms with Crippen molar-refractivity contribution < 1.29 is 38.3 Å². The Morgan fingerprint density at radius 2 is 1.18 bits per heavy atom. The van der Waals surface area contributed by atoms with Crippen LogP contribution >= 0.6 is 0 Å². The molecule has 2 aromatic rings. The fourth-order valence-corrected chi connectivity index (χ4v) is 6.64. The zero-order valence-corrected chi connectivity index (χ0v) is 26.9. The molecular formula is C34H51N3O8. The average Bonchev–Trinajstić information content (AvgIpc) is 3.73. The molecule has 0 spiro atoms. The molecule has 2 aliphatic carbocycles. The summed E-state index contributed by atoms with van der Waals surface area (Å²) < 4.78 is 10.7. The van der Waals surface area contributed by atoms with Gasteiger partial charge < -0.3 is 13.9 Å². The normalized spacial score (nSPS) is 17.1. The molecule has 0 aliphatic heterocycles. The van der Waals surface area contributed by atoms with E-state index in [0.29, 0.717) is 11.8 Å². The van der Waals surface area contributed by atoms with E-state index < -0.39 is 11.9 Å². The van der Waals surface area contributed by atoms with Gasteiger partial charge in [0.15, 0.2) is 23.3 Å². The van der Waals surface area contributed by atoms with Crippen molar-refractivity contribution in [1.29, 1.82) is 0 Å². The van der Waals surface area contributed by atoms with Crippen molar-refractivity contribution in [2.24, 2.45) is 11.8 Å². The summed E-state index contributed by atoms with van der Waals surface area (Å²) in [6.45, 7) is 2.86. The van der Waals surface area contributed by atoms with Gasteiger partial charge in [-0.25, -0.2) is 15.4 Å². The van der Waals surface area contributed by atoms with Crippen molar-refractivity contribution in [2.75, 3.05) is 0 Å². The van der Waals surface area contributed by atoms with Gasteiger partial charge in [-0.05, 0) is 24.7 Å². The average molecular weight is 630 g/mol. The highest BCUT2D eigenvalue weighted by atomic mass is 16.5. The van der Waals surface area contributed by atoms with Crippen LogP contribution in [0, 0.1) is 11.8 Å². The fourth-order valence-electron chi connectivity index (χ4n) is 6.64.